The number of rotatable bonds is 6. The number of carbonyl (C=O) groups excluding carboxylic acids is 2. The van der Waals surface area contributed by atoms with E-state index < -0.39 is 6.04 Å². The van der Waals surface area contributed by atoms with Crippen molar-refractivity contribution in [3.8, 4) is 0 Å². The molecule has 1 aromatic carbocycles. The number of amides is 2. The first-order valence-electron chi connectivity index (χ1n) is 7.34. The highest BCUT2D eigenvalue weighted by Crippen LogP contribution is 2.15. The zero-order valence-electron chi connectivity index (χ0n) is 13.0. The van der Waals surface area contributed by atoms with Gasteiger partial charge in [-0.2, -0.15) is 0 Å². The summed E-state index contributed by atoms with van der Waals surface area (Å²) in [5.74, 6) is -0.0597. The molecule has 1 unspecified atom stereocenters. The average Bonchev–Trinajstić information content (AvgIpc) is 3.03. The summed E-state index contributed by atoms with van der Waals surface area (Å²) in [6.45, 7) is 4.01. The second-order valence-corrected chi connectivity index (χ2v) is 5.88. The summed E-state index contributed by atoms with van der Waals surface area (Å²) < 4.78 is 5.17. The summed E-state index contributed by atoms with van der Waals surface area (Å²) in [4.78, 5) is 24.7. The molecule has 1 aromatic heterocycles. The first kappa shape index (κ1) is 17.1. The maximum absolute atomic E-state index is 12.3. The summed E-state index contributed by atoms with van der Waals surface area (Å²) in [5, 5.41) is 5.85. The van der Waals surface area contributed by atoms with Crippen molar-refractivity contribution in [2.24, 2.45) is 5.92 Å². The maximum Gasteiger partial charge on any atom is 0.253 e. The quantitative estimate of drug-likeness (QED) is 0.853. The third-order valence-corrected chi connectivity index (χ3v) is 3.70. The first-order chi connectivity index (χ1) is 11.0. The van der Waals surface area contributed by atoms with Crippen LogP contribution >= 0.6 is 11.6 Å². The van der Waals surface area contributed by atoms with Gasteiger partial charge in [0.15, 0.2) is 0 Å². The summed E-state index contributed by atoms with van der Waals surface area (Å²) in [6, 6.07) is 9.59. The number of furan rings is 1. The molecule has 0 aliphatic rings. The van der Waals surface area contributed by atoms with E-state index in [4.69, 9.17) is 16.0 Å². The van der Waals surface area contributed by atoms with Crippen molar-refractivity contribution in [3.63, 3.8) is 0 Å². The third kappa shape index (κ3) is 4.60. The normalized spacial score (nSPS) is 12.0. The second kappa shape index (κ2) is 7.83. The predicted molar refractivity (Wildman–Crippen MR) is 88.1 cm³/mol. The number of hydrogen-bond acceptors (Lipinski definition) is 3. The minimum atomic E-state index is -0.659. The number of halogens is 1. The fraction of sp³-hybridized carbons (Fsp3) is 0.294. The molecule has 2 aromatic rings. The number of hydrogen-bond donors (Lipinski definition) is 2. The minimum absolute atomic E-state index is 0.0713. The molecular weight excluding hydrogens is 316 g/mol. The highest BCUT2D eigenvalue weighted by molar-refractivity contribution is 6.33. The van der Waals surface area contributed by atoms with E-state index in [-0.39, 0.29) is 24.3 Å². The van der Waals surface area contributed by atoms with Gasteiger partial charge in [0, 0.05) is 0 Å². The van der Waals surface area contributed by atoms with Crippen molar-refractivity contribution in [2.75, 3.05) is 0 Å². The molecule has 0 aliphatic carbocycles. The molecule has 0 radical (unpaired) electrons. The van der Waals surface area contributed by atoms with E-state index in [2.05, 4.69) is 10.6 Å². The van der Waals surface area contributed by atoms with Gasteiger partial charge in [0.25, 0.3) is 5.91 Å². The molecule has 0 spiro atoms. The van der Waals surface area contributed by atoms with Crippen molar-refractivity contribution >= 4 is 23.4 Å². The molecule has 2 amide bonds. The molecule has 0 saturated heterocycles. The van der Waals surface area contributed by atoms with E-state index >= 15 is 0 Å². The molecule has 0 fully saturated rings. The Hall–Kier alpha value is -2.27. The van der Waals surface area contributed by atoms with E-state index in [1.807, 2.05) is 13.8 Å². The van der Waals surface area contributed by atoms with Crippen LogP contribution in [0.4, 0.5) is 0 Å². The molecule has 0 saturated carbocycles. The molecule has 23 heavy (non-hydrogen) atoms. The van der Waals surface area contributed by atoms with Gasteiger partial charge in [-0.1, -0.05) is 37.6 Å². The Kier molecular flexibility index (Phi) is 5.82. The predicted octanol–water partition coefficient (Wildman–Crippen LogP) is 3.00. The smallest absolute Gasteiger partial charge is 0.253 e. The Morgan fingerprint density at radius 2 is 1.91 bits per heavy atom. The molecule has 1 heterocycles. The SMILES string of the molecule is CC(C)C(NC(=O)c1ccccc1Cl)C(=O)NCc1ccco1. The maximum atomic E-state index is 12.3. The van der Waals surface area contributed by atoms with Gasteiger partial charge in [0.05, 0.1) is 23.4 Å². The third-order valence-electron chi connectivity index (χ3n) is 3.37. The Morgan fingerprint density at radius 1 is 1.17 bits per heavy atom. The van der Waals surface area contributed by atoms with E-state index in [1.54, 1.807) is 42.7 Å². The van der Waals surface area contributed by atoms with Crippen LogP contribution in [0.25, 0.3) is 0 Å². The first-order valence-corrected chi connectivity index (χ1v) is 7.72. The Bertz CT molecular complexity index is 668. The van der Waals surface area contributed by atoms with E-state index in [0.717, 1.165) is 0 Å². The van der Waals surface area contributed by atoms with Gasteiger partial charge in [-0.15, -0.1) is 0 Å². The summed E-state index contributed by atoms with van der Waals surface area (Å²) >= 11 is 6.02. The highest BCUT2D eigenvalue weighted by atomic mass is 35.5. The monoisotopic (exact) mass is 334 g/mol. The largest absolute Gasteiger partial charge is 0.467 e. The summed E-state index contributed by atoms with van der Waals surface area (Å²) in [5.41, 5.74) is 0.346. The Labute approximate surface area is 140 Å². The van der Waals surface area contributed by atoms with Gasteiger partial charge in [0.2, 0.25) is 5.91 Å². The van der Waals surface area contributed by atoms with E-state index in [1.165, 1.54) is 0 Å². The molecule has 6 heteroatoms. The van der Waals surface area contributed by atoms with E-state index in [0.29, 0.717) is 16.3 Å². The Balaban J connectivity index is 2.02. The molecule has 1 atom stereocenters. The fourth-order valence-corrected chi connectivity index (χ4v) is 2.32. The lowest BCUT2D eigenvalue weighted by atomic mass is 10.0. The Morgan fingerprint density at radius 3 is 2.52 bits per heavy atom. The van der Waals surface area contributed by atoms with Crippen LogP contribution in [0.5, 0.6) is 0 Å². The van der Waals surface area contributed by atoms with Crippen LogP contribution in [0.1, 0.15) is 30.0 Å². The summed E-state index contributed by atoms with van der Waals surface area (Å²) in [7, 11) is 0. The lowest BCUT2D eigenvalue weighted by Crippen LogP contribution is -2.49. The van der Waals surface area contributed by atoms with Crippen LogP contribution < -0.4 is 10.6 Å². The van der Waals surface area contributed by atoms with Crippen molar-refractivity contribution < 1.29 is 14.0 Å². The van der Waals surface area contributed by atoms with Gasteiger partial charge in [-0.05, 0) is 30.2 Å². The standard InChI is InChI=1S/C17H19ClN2O3/c1-11(2)15(17(22)19-10-12-6-5-9-23-12)20-16(21)13-7-3-4-8-14(13)18/h3-9,11,15H,10H2,1-2H3,(H,19,22)(H,20,21). The molecule has 2 N–H and O–H groups in total. The van der Waals surface area contributed by atoms with Gasteiger partial charge in [-0.3, -0.25) is 9.59 Å². The lowest BCUT2D eigenvalue weighted by Gasteiger charge is -2.21. The van der Waals surface area contributed by atoms with Crippen molar-refractivity contribution in [1.82, 2.24) is 10.6 Å². The molecule has 2 rings (SSSR count). The van der Waals surface area contributed by atoms with Gasteiger partial charge in [0.1, 0.15) is 11.8 Å². The van der Waals surface area contributed by atoms with Gasteiger partial charge >= 0.3 is 0 Å². The van der Waals surface area contributed by atoms with E-state index in [9.17, 15) is 9.59 Å². The topological polar surface area (TPSA) is 71.3 Å². The lowest BCUT2D eigenvalue weighted by molar-refractivity contribution is -0.124. The number of benzene rings is 1. The van der Waals surface area contributed by atoms with Gasteiger partial charge in [-0.25, -0.2) is 0 Å². The van der Waals surface area contributed by atoms with Gasteiger partial charge < -0.3 is 15.1 Å². The van der Waals surface area contributed by atoms with Crippen LogP contribution in [0, 0.1) is 5.92 Å². The van der Waals surface area contributed by atoms with Crippen LogP contribution in [0.2, 0.25) is 5.02 Å². The second-order valence-electron chi connectivity index (χ2n) is 5.47. The van der Waals surface area contributed by atoms with Crippen molar-refractivity contribution in [2.45, 2.75) is 26.4 Å². The van der Waals surface area contributed by atoms with Crippen molar-refractivity contribution in [1.29, 1.82) is 0 Å². The molecule has 5 nitrogen and oxygen atoms in total. The molecule has 0 bridgehead atoms. The van der Waals surface area contributed by atoms with Crippen LogP contribution in [0.15, 0.2) is 47.1 Å². The fourth-order valence-electron chi connectivity index (χ4n) is 2.10. The highest BCUT2D eigenvalue weighted by Gasteiger charge is 2.25. The van der Waals surface area contributed by atoms with Crippen LogP contribution in [-0.4, -0.2) is 17.9 Å². The number of nitrogens with one attached hydrogen (secondary N) is 2. The number of carbonyl (C=O) groups is 2. The minimum Gasteiger partial charge on any atom is -0.467 e. The summed E-state index contributed by atoms with van der Waals surface area (Å²) in [6.07, 6.45) is 1.54. The average molecular weight is 335 g/mol. The molecular formula is C17H19ClN2O3. The zero-order chi connectivity index (χ0) is 16.8. The zero-order valence-corrected chi connectivity index (χ0v) is 13.8. The van der Waals surface area contributed by atoms with Crippen LogP contribution in [-0.2, 0) is 11.3 Å². The molecule has 122 valence electrons. The van der Waals surface area contributed by atoms with Crippen LogP contribution in [0.3, 0.4) is 0 Å². The van der Waals surface area contributed by atoms with Crippen molar-refractivity contribution in [3.05, 3.63) is 59.0 Å². The molecule has 0 aliphatic heterocycles.